The van der Waals surface area contributed by atoms with E-state index >= 15 is 0 Å². The first-order valence-corrected chi connectivity index (χ1v) is 8.36. The van der Waals surface area contributed by atoms with Gasteiger partial charge in [0.15, 0.2) is 0 Å². The Kier molecular flexibility index (Phi) is 9.53. The molecular formula is C17H33N3O3. The Morgan fingerprint density at radius 1 is 1.04 bits per heavy atom. The number of amides is 3. The number of piperazine rings is 2. The Bertz CT molecular complexity index is 396. The molecule has 6 heteroatoms. The first-order chi connectivity index (χ1) is 10.5. The maximum atomic E-state index is 11.6. The van der Waals surface area contributed by atoms with Crippen LogP contribution in [0.4, 0.5) is 0 Å². The molecule has 3 amide bonds. The Balaban J connectivity index is 0.000000509. The minimum atomic E-state index is -0.142. The molecule has 0 aromatic heterocycles. The van der Waals surface area contributed by atoms with E-state index in [2.05, 4.69) is 46.9 Å². The Labute approximate surface area is 140 Å². The van der Waals surface area contributed by atoms with Crippen LogP contribution in [0.15, 0.2) is 0 Å². The lowest BCUT2D eigenvalue weighted by Gasteiger charge is -2.42. The van der Waals surface area contributed by atoms with Gasteiger partial charge in [-0.25, -0.2) is 0 Å². The summed E-state index contributed by atoms with van der Waals surface area (Å²) in [4.78, 5) is 37.0. The third-order valence-corrected chi connectivity index (χ3v) is 2.81. The van der Waals surface area contributed by atoms with E-state index in [0.717, 1.165) is 11.8 Å². The van der Waals surface area contributed by atoms with Crippen LogP contribution in [0, 0.1) is 11.8 Å². The molecule has 0 saturated carbocycles. The van der Waals surface area contributed by atoms with E-state index in [0.29, 0.717) is 13.1 Å². The van der Waals surface area contributed by atoms with Crippen LogP contribution in [0.25, 0.3) is 0 Å². The van der Waals surface area contributed by atoms with Gasteiger partial charge in [-0.2, -0.15) is 0 Å². The fraction of sp³-hybridized carbons (Fsp3) is 0.824. The van der Waals surface area contributed by atoms with Crippen LogP contribution >= 0.6 is 0 Å². The molecule has 0 aromatic carbocycles. The summed E-state index contributed by atoms with van der Waals surface area (Å²) in [5.41, 5.74) is 0. The highest BCUT2D eigenvalue weighted by Crippen LogP contribution is 2.13. The molecule has 2 rings (SSSR count). The zero-order valence-electron chi connectivity index (χ0n) is 15.7. The van der Waals surface area contributed by atoms with Gasteiger partial charge in [0.05, 0.1) is 12.6 Å². The molecule has 2 saturated heterocycles. The van der Waals surface area contributed by atoms with Crippen molar-refractivity contribution in [2.24, 2.45) is 11.8 Å². The van der Waals surface area contributed by atoms with Gasteiger partial charge in [-0.15, -0.1) is 0 Å². The van der Waals surface area contributed by atoms with Crippen molar-refractivity contribution in [1.82, 2.24) is 15.1 Å². The smallest absolute Gasteiger partial charge is 0.243 e. The summed E-state index contributed by atoms with van der Waals surface area (Å²) in [6, 6.07) is -0.0622. The molecule has 0 spiro atoms. The summed E-state index contributed by atoms with van der Waals surface area (Å²) < 4.78 is 0. The maximum Gasteiger partial charge on any atom is 0.243 e. The second kappa shape index (κ2) is 10.2. The van der Waals surface area contributed by atoms with Crippen molar-refractivity contribution < 1.29 is 14.4 Å². The van der Waals surface area contributed by atoms with Crippen molar-refractivity contribution in [1.29, 1.82) is 0 Å². The van der Waals surface area contributed by atoms with Gasteiger partial charge in [-0.05, 0) is 11.8 Å². The van der Waals surface area contributed by atoms with Crippen molar-refractivity contribution in [3.63, 3.8) is 0 Å². The lowest BCUT2D eigenvalue weighted by Crippen LogP contribution is -2.65. The third kappa shape index (κ3) is 9.21. The van der Waals surface area contributed by atoms with Crippen LogP contribution in [0.5, 0.6) is 0 Å². The van der Waals surface area contributed by atoms with Gasteiger partial charge in [0.2, 0.25) is 17.7 Å². The fourth-order valence-electron chi connectivity index (χ4n) is 1.95. The molecule has 2 fully saturated rings. The summed E-state index contributed by atoms with van der Waals surface area (Å²) in [6.45, 7) is 15.6. The number of carbonyl (C=O) groups excluding carboxylic acids is 3. The second-order valence-electron chi connectivity index (χ2n) is 7.34. The normalized spacial score (nSPS) is 20.1. The van der Waals surface area contributed by atoms with E-state index in [9.17, 15) is 14.4 Å². The minimum absolute atomic E-state index is 0.0622. The largest absolute Gasteiger partial charge is 0.352 e. The molecule has 1 unspecified atom stereocenters. The summed E-state index contributed by atoms with van der Waals surface area (Å²) in [5.74, 6) is 1.30. The standard InChI is InChI=1S/C9H13N3O3.2C4H10/c1-6(13)11-3-7-2-10-8(14)4-12(7)9(15)5-11;2*1-4(2)3/h7H,2-5H2,1H3,(H,10,14);2*4H,1-3H3. The number of nitrogens with one attached hydrogen (secondary N) is 1. The van der Waals surface area contributed by atoms with E-state index in [1.807, 2.05) is 0 Å². The van der Waals surface area contributed by atoms with Gasteiger partial charge in [-0.3, -0.25) is 14.4 Å². The van der Waals surface area contributed by atoms with Gasteiger partial charge < -0.3 is 15.1 Å². The molecule has 6 nitrogen and oxygen atoms in total. The average molecular weight is 327 g/mol. The first kappa shape index (κ1) is 21.4. The Morgan fingerprint density at radius 3 is 1.96 bits per heavy atom. The molecule has 0 aliphatic carbocycles. The van der Waals surface area contributed by atoms with E-state index in [4.69, 9.17) is 0 Å². The summed E-state index contributed by atoms with van der Waals surface area (Å²) in [7, 11) is 0. The molecule has 1 atom stereocenters. The number of carbonyl (C=O) groups is 3. The van der Waals surface area contributed by atoms with Crippen LogP contribution < -0.4 is 5.32 Å². The van der Waals surface area contributed by atoms with Crippen LogP contribution in [0.3, 0.4) is 0 Å². The molecule has 1 N–H and O–H groups in total. The Morgan fingerprint density at radius 2 is 1.52 bits per heavy atom. The Hall–Kier alpha value is -1.59. The number of nitrogens with zero attached hydrogens (tertiary/aromatic N) is 2. The van der Waals surface area contributed by atoms with Crippen LogP contribution in [-0.2, 0) is 14.4 Å². The van der Waals surface area contributed by atoms with Crippen molar-refractivity contribution in [3.8, 4) is 0 Å². The molecule has 2 aliphatic heterocycles. The van der Waals surface area contributed by atoms with Crippen LogP contribution in [-0.4, -0.2) is 59.7 Å². The predicted molar refractivity (Wildman–Crippen MR) is 91.8 cm³/mol. The monoisotopic (exact) mass is 327 g/mol. The topological polar surface area (TPSA) is 69.7 Å². The van der Waals surface area contributed by atoms with Crippen LogP contribution in [0.1, 0.15) is 48.5 Å². The van der Waals surface area contributed by atoms with Crippen molar-refractivity contribution in [3.05, 3.63) is 0 Å². The molecular weight excluding hydrogens is 294 g/mol. The SMILES string of the molecule is CC(=O)N1CC(=O)N2CC(=O)NCC2C1.CC(C)C.CC(C)C. The van der Waals surface area contributed by atoms with Gasteiger partial charge in [-0.1, -0.05) is 41.5 Å². The highest BCUT2D eigenvalue weighted by Gasteiger charge is 2.37. The number of hydrogen-bond donors (Lipinski definition) is 1. The predicted octanol–water partition coefficient (Wildman–Crippen LogP) is 1.50. The zero-order valence-corrected chi connectivity index (χ0v) is 15.7. The lowest BCUT2D eigenvalue weighted by atomic mass is 10.1. The minimum Gasteiger partial charge on any atom is -0.352 e. The third-order valence-electron chi connectivity index (χ3n) is 2.81. The van der Waals surface area contributed by atoms with Crippen LogP contribution in [0.2, 0.25) is 0 Å². The second-order valence-corrected chi connectivity index (χ2v) is 7.34. The molecule has 134 valence electrons. The van der Waals surface area contributed by atoms with Gasteiger partial charge >= 0.3 is 0 Å². The van der Waals surface area contributed by atoms with E-state index < -0.39 is 0 Å². The van der Waals surface area contributed by atoms with E-state index in [1.54, 1.807) is 4.90 Å². The lowest BCUT2D eigenvalue weighted by molar-refractivity contribution is -0.152. The van der Waals surface area contributed by atoms with E-state index in [1.165, 1.54) is 11.8 Å². The fourth-order valence-corrected chi connectivity index (χ4v) is 1.95. The molecule has 23 heavy (non-hydrogen) atoms. The molecule has 2 aliphatic rings. The van der Waals surface area contributed by atoms with Gasteiger partial charge in [0.25, 0.3) is 0 Å². The number of fused-ring (bicyclic) bond motifs is 1. The summed E-state index contributed by atoms with van der Waals surface area (Å²) in [6.07, 6.45) is 0. The number of hydrogen-bond acceptors (Lipinski definition) is 3. The molecule has 0 bridgehead atoms. The average Bonchev–Trinajstić information content (AvgIpc) is 2.38. The highest BCUT2D eigenvalue weighted by atomic mass is 16.2. The summed E-state index contributed by atoms with van der Waals surface area (Å²) in [5, 5.41) is 2.69. The molecule has 0 radical (unpaired) electrons. The van der Waals surface area contributed by atoms with Crippen molar-refractivity contribution in [2.45, 2.75) is 54.5 Å². The summed E-state index contributed by atoms with van der Waals surface area (Å²) >= 11 is 0. The van der Waals surface area contributed by atoms with Crippen molar-refractivity contribution >= 4 is 17.7 Å². The molecule has 2 heterocycles. The number of rotatable bonds is 0. The molecule has 0 aromatic rings. The van der Waals surface area contributed by atoms with Crippen molar-refractivity contribution in [2.75, 3.05) is 26.2 Å². The van der Waals surface area contributed by atoms with Gasteiger partial charge in [0.1, 0.15) is 6.54 Å². The van der Waals surface area contributed by atoms with Gasteiger partial charge in [0, 0.05) is 20.0 Å². The first-order valence-electron chi connectivity index (χ1n) is 8.36. The zero-order chi connectivity index (χ0) is 18.2. The quantitative estimate of drug-likeness (QED) is 0.733. The van der Waals surface area contributed by atoms with E-state index in [-0.39, 0.29) is 36.9 Å². The maximum absolute atomic E-state index is 11.6. The highest BCUT2D eigenvalue weighted by molar-refractivity contribution is 5.90.